The average Bonchev–Trinajstić information content (AvgIpc) is 3.04. The molecule has 0 spiro atoms. The molecule has 0 unspecified atom stereocenters. The number of rotatable bonds is 7. The van der Waals surface area contributed by atoms with Gasteiger partial charge in [-0.15, -0.1) is 0 Å². The maximum Gasteiger partial charge on any atom is 0.490 e. The fourth-order valence-electron chi connectivity index (χ4n) is 4.44. The molecule has 1 aliphatic heterocycles. The van der Waals surface area contributed by atoms with E-state index in [0.29, 0.717) is 5.56 Å². The summed E-state index contributed by atoms with van der Waals surface area (Å²) in [6.45, 7) is 6.21. The Morgan fingerprint density at radius 2 is 1.45 bits per heavy atom. The number of carboxylic acid groups (broad SMARTS) is 2. The van der Waals surface area contributed by atoms with E-state index >= 15 is 0 Å². The molecule has 0 radical (unpaired) electrons. The Bertz CT molecular complexity index is 1560. The van der Waals surface area contributed by atoms with Crippen molar-refractivity contribution >= 4 is 57.2 Å². The molecule has 0 saturated carbocycles. The monoisotopic (exact) mass is 759 g/mol. The van der Waals surface area contributed by atoms with E-state index in [1.807, 2.05) is 0 Å². The Labute approximate surface area is 299 Å². The Morgan fingerprint density at radius 3 is 1.98 bits per heavy atom. The number of nitrogens with two attached hydrogens (primary N) is 1. The summed E-state index contributed by atoms with van der Waals surface area (Å²) < 4.78 is 29.6. The number of aliphatic carboxylic acids is 2. The predicted octanol–water partition coefficient (Wildman–Crippen LogP) is 1.75. The lowest BCUT2D eigenvalue weighted by Gasteiger charge is -2.38. The first-order chi connectivity index (χ1) is 23.5. The largest absolute Gasteiger partial charge is 0.508 e. The van der Waals surface area contributed by atoms with E-state index < -0.39 is 81.9 Å². The van der Waals surface area contributed by atoms with Gasteiger partial charge in [-0.25, -0.2) is 9.59 Å². The van der Waals surface area contributed by atoms with Gasteiger partial charge in [-0.2, -0.15) is 13.2 Å². The molecule has 280 valence electrons. The van der Waals surface area contributed by atoms with Crippen molar-refractivity contribution in [2.45, 2.75) is 80.4 Å². The number of amides is 4. The second-order valence-corrected chi connectivity index (χ2v) is 15.8. The minimum Gasteiger partial charge on any atom is -0.508 e. The van der Waals surface area contributed by atoms with Crippen molar-refractivity contribution in [1.29, 1.82) is 0 Å². The first-order valence-corrected chi connectivity index (χ1v) is 17.3. The minimum absolute atomic E-state index is 0.0718. The molecule has 2 aromatic carbocycles. The lowest BCUT2D eigenvalue weighted by molar-refractivity contribution is -0.192. The molecule has 1 aliphatic rings. The number of carbonyl (C=O) groups excluding carboxylic acids is 4. The van der Waals surface area contributed by atoms with Crippen LogP contribution in [0, 0.1) is 0 Å². The Hall–Kier alpha value is -4.49. The van der Waals surface area contributed by atoms with Crippen LogP contribution in [0.5, 0.6) is 5.75 Å². The number of phenolic OH excluding ortho intramolecular Hbond substituents is 1. The molecule has 1 fully saturated rings. The number of benzene rings is 2. The summed E-state index contributed by atoms with van der Waals surface area (Å²) in [5.41, 5.74) is 7.61. The molecule has 0 aliphatic carbocycles. The van der Waals surface area contributed by atoms with Crippen LogP contribution in [-0.4, -0.2) is 97.3 Å². The molecule has 0 aromatic heterocycles. The minimum atomic E-state index is -5.08. The highest BCUT2D eigenvalue weighted by Crippen LogP contribution is 2.46. The van der Waals surface area contributed by atoms with Gasteiger partial charge in [0.1, 0.15) is 23.9 Å². The molecular weight excluding hydrogens is 720 g/mol. The highest BCUT2D eigenvalue weighted by Gasteiger charge is 2.44. The second kappa shape index (κ2) is 18.1. The van der Waals surface area contributed by atoms with E-state index in [0.717, 1.165) is 16.4 Å². The third-order valence-electron chi connectivity index (χ3n) is 7.27. The molecule has 51 heavy (non-hydrogen) atoms. The normalized spacial score (nSPS) is 21.6. The van der Waals surface area contributed by atoms with Crippen LogP contribution < -0.4 is 27.0 Å². The summed E-state index contributed by atoms with van der Waals surface area (Å²) in [5.74, 6) is -6.57. The van der Waals surface area contributed by atoms with Crippen molar-refractivity contribution in [1.82, 2.24) is 21.3 Å². The zero-order chi connectivity index (χ0) is 38.7. The van der Waals surface area contributed by atoms with Crippen molar-refractivity contribution in [3.05, 3.63) is 65.7 Å². The Kier molecular flexibility index (Phi) is 15.2. The molecule has 1 heterocycles. The van der Waals surface area contributed by atoms with Crippen molar-refractivity contribution in [2.24, 2.45) is 5.73 Å². The lowest BCUT2D eigenvalue weighted by atomic mass is 10.00. The van der Waals surface area contributed by atoms with Gasteiger partial charge in [0.15, 0.2) is 0 Å². The molecule has 3 rings (SSSR count). The Morgan fingerprint density at radius 1 is 0.902 bits per heavy atom. The SMILES string of the molecule is CC1(C)SSC(C)(C)[C@@H](NC(=O)[C@@H](N)Cc2ccc(O)cc2)C(=O)NCC(=O)N[C@@H](Cc2ccccc2)C(=O)N[C@H]1C(=O)O.O=C(O)C(F)(F)F. The van der Waals surface area contributed by atoms with Gasteiger partial charge < -0.3 is 42.3 Å². The average molecular weight is 760 g/mol. The molecule has 2 aromatic rings. The maximum atomic E-state index is 13.5. The molecule has 1 saturated heterocycles. The smallest absolute Gasteiger partial charge is 0.490 e. The van der Waals surface area contributed by atoms with E-state index in [9.17, 15) is 47.4 Å². The van der Waals surface area contributed by atoms with Crippen LogP contribution in [0.3, 0.4) is 0 Å². The quantitative estimate of drug-likeness (QED) is 0.189. The number of nitrogens with one attached hydrogen (secondary N) is 4. The van der Waals surface area contributed by atoms with Crippen molar-refractivity contribution in [3.63, 3.8) is 0 Å². The third kappa shape index (κ3) is 13.6. The van der Waals surface area contributed by atoms with Crippen molar-refractivity contribution in [2.75, 3.05) is 6.54 Å². The number of aromatic hydroxyl groups is 1. The van der Waals surface area contributed by atoms with Gasteiger partial charge in [0, 0.05) is 11.2 Å². The van der Waals surface area contributed by atoms with Crippen LogP contribution in [-0.2, 0) is 41.6 Å². The predicted molar refractivity (Wildman–Crippen MR) is 183 cm³/mol. The van der Waals surface area contributed by atoms with Crippen molar-refractivity contribution in [3.8, 4) is 5.75 Å². The van der Waals surface area contributed by atoms with Gasteiger partial charge in [-0.1, -0.05) is 64.1 Å². The number of alkyl halides is 3. The van der Waals surface area contributed by atoms with Crippen LogP contribution in [0.1, 0.15) is 38.8 Å². The maximum absolute atomic E-state index is 13.5. The number of hydrogen-bond donors (Lipinski definition) is 8. The highest BCUT2D eigenvalue weighted by atomic mass is 33.1. The molecule has 9 N–H and O–H groups in total. The van der Waals surface area contributed by atoms with Crippen LogP contribution in [0.15, 0.2) is 54.6 Å². The molecule has 4 amide bonds. The fourth-order valence-corrected chi connectivity index (χ4v) is 7.26. The second-order valence-electron chi connectivity index (χ2n) is 12.4. The van der Waals surface area contributed by atoms with Crippen LogP contribution in [0.25, 0.3) is 0 Å². The number of phenols is 1. The zero-order valence-corrected chi connectivity index (χ0v) is 29.6. The summed E-state index contributed by atoms with van der Waals surface area (Å²) in [4.78, 5) is 74.3. The topological polar surface area (TPSA) is 237 Å². The van der Waals surface area contributed by atoms with E-state index in [2.05, 4.69) is 21.3 Å². The summed E-state index contributed by atoms with van der Waals surface area (Å²) >= 11 is 0. The molecule has 4 atom stereocenters. The van der Waals surface area contributed by atoms with E-state index in [1.165, 1.54) is 22.9 Å². The fraction of sp³-hybridized carbons (Fsp3) is 0.438. The van der Waals surface area contributed by atoms with E-state index in [1.54, 1.807) is 70.2 Å². The summed E-state index contributed by atoms with van der Waals surface area (Å²) in [6, 6.07) is 10.5. The van der Waals surface area contributed by atoms with Gasteiger partial charge in [0.2, 0.25) is 23.6 Å². The number of carboxylic acids is 2. The third-order valence-corrected chi connectivity index (χ3v) is 11.5. The van der Waals surface area contributed by atoms with Crippen LogP contribution in [0.4, 0.5) is 13.2 Å². The lowest BCUT2D eigenvalue weighted by Crippen LogP contribution is -2.61. The van der Waals surface area contributed by atoms with Gasteiger partial charge in [-0.05, 0) is 57.4 Å². The van der Waals surface area contributed by atoms with Crippen molar-refractivity contribution < 1.29 is 57.3 Å². The first kappa shape index (κ1) is 42.7. The number of halogens is 3. The first-order valence-electron chi connectivity index (χ1n) is 15.2. The van der Waals surface area contributed by atoms with Gasteiger partial charge in [0.25, 0.3) is 0 Å². The van der Waals surface area contributed by atoms with E-state index in [4.69, 9.17) is 15.6 Å². The Balaban J connectivity index is 0.00000116. The van der Waals surface area contributed by atoms with Crippen LogP contribution >= 0.6 is 21.6 Å². The standard InChI is InChI=1S/C30H39N5O7S2.C2HF3O2/c1-29(2)23(34-25(38)20(31)14-18-10-12-19(36)13-11-18)27(40)32-16-22(37)33-21(15-17-8-6-5-7-9-17)26(39)35-24(28(41)42)30(3,4)44-43-29;3-2(4,5)1(6)7/h5-13,20-21,23-24,36H,14-16,31H2,1-4H3,(H,32,40)(H,33,37)(H,34,38)(H,35,39)(H,41,42);(H,6,7)/t20-,21-,23-,24-;/m0./s1. The van der Waals surface area contributed by atoms with Gasteiger partial charge in [-0.3, -0.25) is 19.2 Å². The zero-order valence-electron chi connectivity index (χ0n) is 27.9. The van der Waals surface area contributed by atoms with Gasteiger partial charge in [0.05, 0.1) is 17.3 Å². The molecule has 14 nitrogen and oxygen atoms in total. The van der Waals surface area contributed by atoms with E-state index in [-0.39, 0.29) is 18.6 Å². The molecular formula is C32H40F3N5O9S2. The molecule has 0 bridgehead atoms. The molecule has 19 heteroatoms. The summed E-state index contributed by atoms with van der Waals surface area (Å²) in [5, 5.41) is 37.2. The highest BCUT2D eigenvalue weighted by molar-refractivity contribution is 8.77. The number of carbonyl (C=O) groups is 6. The van der Waals surface area contributed by atoms with Gasteiger partial charge >= 0.3 is 18.1 Å². The summed E-state index contributed by atoms with van der Waals surface area (Å²) in [6.07, 6.45) is -4.85. The number of hydrogen-bond acceptors (Lipinski definition) is 10. The van der Waals surface area contributed by atoms with Crippen LogP contribution in [0.2, 0.25) is 0 Å². The summed E-state index contributed by atoms with van der Waals surface area (Å²) in [7, 11) is 2.32.